The lowest BCUT2D eigenvalue weighted by Crippen LogP contribution is -2.24. The van der Waals surface area contributed by atoms with Gasteiger partial charge in [0.05, 0.1) is 16.6 Å². The van der Waals surface area contributed by atoms with E-state index in [0.717, 1.165) is 22.2 Å². The van der Waals surface area contributed by atoms with Gasteiger partial charge in [-0.2, -0.15) is 0 Å². The number of fused-ring (bicyclic) bond motifs is 1. The minimum atomic E-state index is -0.206. The van der Waals surface area contributed by atoms with Crippen LogP contribution in [0.15, 0.2) is 78.9 Å². The van der Waals surface area contributed by atoms with Crippen LogP contribution in [-0.4, -0.2) is 15.9 Å². The van der Waals surface area contributed by atoms with E-state index in [4.69, 9.17) is 11.6 Å². The molecule has 28 heavy (non-hydrogen) atoms. The third-order valence-corrected chi connectivity index (χ3v) is 4.58. The van der Waals surface area contributed by atoms with Crippen LogP contribution in [0.4, 0.5) is 0 Å². The Balaban J connectivity index is 1.69. The van der Waals surface area contributed by atoms with Crippen molar-refractivity contribution in [2.45, 2.75) is 6.54 Å². The van der Waals surface area contributed by atoms with E-state index < -0.39 is 0 Å². The summed E-state index contributed by atoms with van der Waals surface area (Å²) in [5.41, 5.74) is 4.01. The van der Waals surface area contributed by atoms with Gasteiger partial charge in [0.15, 0.2) is 0 Å². The van der Waals surface area contributed by atoms with Crippen LogP contribution < -0.4 is 5.32 Å². The zero-order valence-corrected chi connectivity index (χ0v) is 15.8. The minimum Gasteiger partial charge on any atom is -0.348 e. The zero-order valence-electron chi connectivity index (χ0n) is 15.0. The second-order valence-electron chi connectivity index (χ2n) is 6.38. The zero-order chi connectivity index (χ0) is 19.3. The summed E-state index contributed by atoms with van der Waals surface area (Å²) < 4.78 is 0. The highest BCUT2D eigenvalue weighted by atomic mass is 35.5. The lowest BCUT2D eigenvalue weighted by atomic mass is 10.1. The monoisotopic (exact) mass is 387 g/mol. The molecule has 5 heteroatoms. The first-order valence-corrected chi connectivity index (χ1v) is 9.31. The fourth-order valence-electron chi connectivity index (χ4n) is 2.96. The van der Waals surface area contributed by atoms with Crippen LogP contribution in [0.1, 0.15) is 17.0 Å². The smallest absolute Gasteiger partial charge is 0.255 e. The molecule has 0 bridgehead atoms. The normalized spacial score (nSPS) is 11.5. The van der Waals surface area contributed by atoms with E-state index in [1.807, 2.05) is 72.8 Å². The summed E-state index contributed by atoms with van der Waals surface area (Å²) in [4.78, 5) is 20.8. The number of rotatable bonds is 5. The van der Waals surface area contributed by atoms with Crippen LogP contribution in [0.3, 0.4) is 0 Å². The summed E-state index contributed by atoms with van der Waals surface area (Å²) in [5, 5.41) is 3.59. The maximum Gasteiger partial charge on any atom is 0.255 e. The van der Waals surface area contributed by atoms with Gasteiger partial charge in [0.1, 0.15) is 5.82 Å². The van der Waals surface area contributed by atoms with E-state index in [-0.39, 0.29) is 5.91 Å². The van der Waals surface area contributed by atoms with Gasteiger partial charge in [0.25, 0.3) is 5.91 Å². The van der Waals surface area contributed by atoms with Crippen LogP contribution in [-0.2, 0) is 11.3 Å². The van der Waals surface area contributed by atoms with Crippen molar-refractivity contribution in [1.82, 2.24) is 15.3 Å². The van der Waals surface area contributed by atoms with Gasteiger partial charge >= 0.3 is 0 Å². The topological polar surface area (TPSA) is 57.8 Å². The molecule has 3 aromatic carbocycles. The number of aromatic nitrogens is 2. The standard InChI is InChI=1S/C23H18ClN3O/c24-18-10-6-9-17(13-18)14-19(22-26-20-11-4-5-12-21(20)27-22)23(28)25-15-16-7-2-1-3-8-16/h1-14H,15H2,(H,25,28)(H,26,27)/b19-14+. The van der Waals surface area contributed by atoms with Gasteiger partial charge in [-0.05, 0) is 41.5 Å². The summed E-state index contributed by atoms with van der Waals surface area (Å²) in [5.74, 6) is 0.314. The molecular formula is C23H18ClN3O. The van der Waals surface area contributed by atoms with Crippen LogP contribution >= 0.6 is 11.6 Å². The Morgan fingerprint density at radius 2 is 1.79 bits per heavy atom. The molecule has 0 radical (unpaired) electrons. The molecule has 0 aliphatic rings. The Kier molecular flexibility index (Phi) is 5.22. The van der Waals surface area contributed by atoms with E-state index in [0.29, 0.717) is 23.0 Å². The van der Waals surface area contributed by atoms with Gasteiger partial charge in [-0.15, -0.1) is 0 Å². The highest BCUT2D eigenvalue weighted by Gasteiger charge is 2.16. The number of imidazole rings is 1. The Morgan fingerprint density at radius 3 is 2.57 bits per heavy atom. The molecule has 0 aliphatic carbocycles. The van der Waals surface area contributed by atoms with Gasteiger partial charge in [0, 0.05) is 11.6 Å². The Morgan fingerprint density at radius 1 is 1.00 bits per heavy atom. The minimum absolute atomic E-state index is 0.206. The molecule has 4 nitrogen and oxygen atoms in total. The predicted molar refractivity (Wildman–Crippen MR) is 114 cm³/mol. The van der Waals surface area contributed by atoms with E-state index >= 15 is 0 Å². The molecule has 0 aliphatic heterocycles. The molecule has 0 saturated heterocycles. The fraction of sp³-hybridized carbons (Fsp3) is 0.0435. The average molecular weight is 388 g/mol. The molecule has 4 aromatic rings. The number of aromatic amines is 1. The molecule has 4 rings (SSSR count). The Labute approximate surface area is 167 Å². The van der Waals surface area contributed by atoms with Gasteiger partial charge in [-0.25, -0.2) is 4.98 Å². The molecule has 2 N–H and O–H groups in total. The van der Waals surface area contributed by atoms with E-state index in [1.54, 1.807) is 12.1 Å². The van der Waals surface area contributed by atoms with E-state index in [2.05, 4.69) is 15.3 Å². The summed E-state index contributed by atoms with van der Waals surface area (Å²) in [6, 6.07) is 24.9. The first-order chi connectivity index (χ1) is 13.7. The number of hydrogen-bond donors (Lipinski definition) is 2. The Hall–Kier alpha value is -3.37. The number of H-pyrrole nitrogens is 1. The first-order valence-electron chi connectivity index (χ1n) is 8.93. The number of amides is 1. The van der Waals surface area contributed by atoms with Crippen molar-refractivity contribution in [3.05, 3.63) is 101 Å². The van der Waals surface area contributed by atoms with Crippen molar-refractivity contribution >= 4 is 40.2 Å². The number of carbonyl (C=O) groups excluding carboxylic acids is 1. The number of halogens is 1. The molecule has 1 aromatic heterocycles. The highest BCUT2D eigenvalue weighted by Crippen LogP contribution is 2.21. The molecule has 138 valence electrons. The van der Waals surface area contributed by atoms with Crippen LogP contribution in [0, 0.1) is 0 Å². The van der Waals surface area contributed by atoms with Crippen molar-refractivity contribution in [3.63, 3.8) is 0 Å². The summed E-state index contributed by atoms with van der Waals surface area (Å²) in [6.07, 6.45) is 1.80. The number of carbonyl (C=O) groups is 1. The third-order valence-electron chi connectivity index (χ3n) is 4.34. The molecule has 0 spiro atoms. The molecular weight excluding hydrogens is 370 g/mol. The van der Waals surface area contributed by atoms with E-state index in [9.17, 15) is 4.79 Å². The number of nitrogens with zero attached hydrogens (tertiary/aromatic N) is 1. The van der Waals surface area contributed by atoms with Gasteiger partial charge in [0.2, 0.25) is 0 Å². The Bertz CT molecular complexity index is 1120. The lowest BCUT2D eigenvalue weighted by molar-refractivity contribution is -0.115. The quantitative estimate of drug-likeness (QED) is 0.469. The van der Waals surface area contributed by atoms with Gasteiger partial charge < -0.3 is 10.3 Å². The highest BCUT2D eigenvalue weighted by molar-refractivity contribution is 6.31. The maximum absolute atomic E-state index is 13.0. The average Bonchev–Trinajstić information content (AvgIpc) is 3.15. The number of nitrogens with one attached hydrogen (secondary N) is 2. The third kappa shape index (κ3) is 4.13. The number of benzene rings is 3. The van der Waals surface area contributed by atoms with Crippen molar-refractivity contribution in [2.75, 3.05) is 0 Å². The lowest BCUT2D eigenvalue weighted by Gasteiger charge is -2.08. The van der Waals surface area contributed by atoms with Crippen LogP contribution in [0.25, 0.3) is 22.7 Å². The van der Waals surface area contributed by atoms with Crippen LogP contribution in [0.2, 0.25) is 5.02 Å². The number of hydrogen-bond acceptors (Lipinski definition) is 2. The molecule has 0 fully saturated rings. The maximum atomic E-state index is 13.0. The first kappa shape index (κ1) is 18.0. The molecule has 1 amide bonds. The molecule has 1 heterocycles. The summed E-state index contributed by atoms with van der Waals surface area (Å²) in [6.45, 7) is 0.437. The van der Waals surface area contributed by atoms with Crippen molar-refractivity contribution in [1.29, 1.82) is 0 Å². The predicted octanol–water partition coefficient (Wildman–Crippen LogP) is 5.07. The van der Waals surface area contributed by atoms with Crippen LogP contribution in [0.5, 0.6) is 0 Å². The van der Waals surface area contributed by atoms with Crippen molar-refractivity contribution in [2.24, 2.45) is 0 Å². The summed E-state index contributed by atoms with van der Waals surface area (Å²) >= 11 is 6.11. The second kappa shape index (κ2) is 8.11. The van der Waals surface area contributed by atoms with Crippen molar-refractivity contribution in [3.8, 4) is 0 Å². The van der Waals surface area contributed by atoms with Gasteiger partial charge in [-0.1, -0.05) is 66.2 Å². The molecule has 0 saturated carbocycles. The second-order valence-corrected chi connectivity index (χ2v) is 6.82. The molecule has 0 unspecified atom stereocenters. The fourth-order valence-corrected chi connectivity index (χ4v) is 3.16. The van der Waals surface area contributed by atoms with Gasteiger partial charge in [-0.3, -0.25) is 4.79 Å². The van der Waals surface area contributed by atoms with Crippen molar-refractivity contribution < 1.29 is 4.79 Å². The number of para-hydroxylation sites is 2. The largest absolute Gasteiger partial charge is 0.348 e. The SMILES string of the molecule is O=C(NCc1ccccc1)/C(=C/c1cccc(Cl)c1)c1nc2ccccc2[nH]1. The summed E-state index contributed by atoms with van der Waals surface area (Å²) in [7, 11) is 0. The van der Waals surface area contributed by atoms with E-state index in [1.165, 1.54) is 0 Å². The molecule has 0 atom stereocenters.